The highest BCUT2D eigenvalue weighted by molar-refractivity contribution is 6.12. The summed E-state index contributed by atoms with van der Waals surface area (Å²) in [6.07, 6.45) is 1.81. The molecule has 0 radical (unpaired) electrons. The van der Waals surface area contributed by atoms with E-state index < -0.39 is 0 Å². The lowest BCUT2D eigenvalue weighted by Gasteiger charge is -2.12. The van der Waals surface area contributed by atoms with Crippen LogP contribution in [0.3, 0.4) is 0 Å². The van der Waals surface area contributed by atoms with Crippen molar-refractivity contribution in [1.82, 2.24) is 29.4 Å². The average Bonchev–Trinajstić information content (AvgIpc) is 3.22. The SMILES string of the molecule is Cc1nn(C(C)C)c2nc(C(C)C)cc(C(=O)Nc3nnc4ccccn34)c12. The van der Waals surface area contributed by atoms with Crippen molar-refractivity contribution < 1.29 is 4.79 Å². The van der Waals surface area contributed by atoms with Gasteiger partial charge in [-0.2, -0.15) is 5.10 Å². The largest absolute Gasteiger partial charge is 0.290 e. The number of aromatic nitrogens is 6. The Kier molecular flexibility index (Phi) is 4.33. The molecule has 4 rings (SSSR count). The summed E-state index contributed by atoms with van der Waals surface area (Å²) in [6.45, 7) is 10.1. The first-order valence-corrected chi connectivity index (χ1v) is 9.37. The lowest BCUT2D eigenvalue weighted by atomic mass is 10.0. The minimum atomic E-state index is -0.251. The first-order chi connectivity index (χ1) is 13.4. The summed E-state index contributed by atoms with van der Waals surface area (Å²) in [6, 6.07) is 7.57. The van der Waals surface area contributed by atoms with Crippen molar-refractivity contribution in [2.24, 2.45) is 0 Å². The third-order valence-electron chi connectivity index (χ3n) is 4.72. The topological polar surface area (TPSA) is 90.0 Å². The maximum Gasteiger partial charge on any atom is 0.258 e. The van der Waals surface area contributed by atoms with Crippen molar-refractivity contribution in [3.05, 3.63) is 47.4 Å². The number of hydrogen-bond donors (Lipinski definition) is 1. The molecular weight excluding hydrogens is 354 g/mol. The molecule has 0 aromatic carbocycles. The lowest BCUT2D eigenvalue weighted by Crippen LogP contribution is -2.16. The third kappa shape index (κ3) is 2.90. The van der Waals surface area contributed by atoms with E-state index in [1.54, 1.807) is 4.40 Å². The minimum Gasteiger partial charge on any atom is -0.290 e. The second kappa shape index (κ2) is 6.70. The van der Waals surface area contributed by atoms with E-state index in [2.05, 4.69) is 48.3 Å². The van der Waals surface area contributed by atoms with Gasteiger partial charge in [-0.15, -0.1) is 10.2 Å². The van der Waals surface area contributed by atoms with Crippen molar-refractivity contribution in [1.29, 1.82) is 0 Å². The molecule has 0 fully saturated rings. The van der Waals surface area contributed by atoms with Crippen LogP contribution >= 0.6 is 0 Å². The lowest BCUT2D eigenvalue weighted by molar-refractivity contribution is 0.102. The number of aryl methyl sites for hydroxylation is 1. The molecule has 8 heteroatoms. The molecule has 4 heterocycles. The number of fused-ring (bicyclic) bond motifs is 2. The predicted octanol–water partition coefficient (Wildman–Crippen LogP) is 3.74. The monoisotopic (exact) mass is 377 g/mol. The van der Waals surface area contributed by atoms with Gasteiger partial charge >= 0.3 is 0 Å². The van der Waals surface area contributed by atoms with Crippen LogP contribution in [0.4, 0.5) is 5.95 Å². The van der Waals surface area contributed by atoms with Crippen LogP contribution in [0.25, 0.3) is 16.7 Å². The number of pyridine rings is 2. The van der Waals surface area contributed by atoms with E-state index in [0.29, 0.717) is 17.2 Å². The first kappa shape index (κ1) is 18.1. The number of carbonyl (C=O) groups is 1. The van der Waals surface area contributed by atoms with Crippen molar-refractivity contribution in [3.63, 3.8) is 0 Å². The van der Waals surface area contributed by atoms with E-state index in [1.807, 2.05) is 42.1 Å². The molecule has 0 aliphatic carbocycles. The van der Waals surface area contributed by atoms with Gasteiger partial charge in [-0.25, -0.2) is 9.67 Å². The highest BCUT2D eigenvalue weighted by Gasteiger charge is 2.22. The molecule has 144 valence electrons. The molecule has 0 aliphatic rings. The Balaban J connectivity index is 1.85. The van der Waals surface area contributed by atoms with Crippen LogP contribution in [0, 0.1) is 6.92 Å². The fraction of sp³-hybridized carbons (Fsp3) is 0.350. The molecule has 1 N–H and O–H groups in total. The molecule has 1 amide bonds. The van der Waals surface area contributed by atoms with Crippen LogP contribution < -0.4 is 5.32 Å². The van der Waals surface area contributed by atoms with Crippen LogP contribution in [0.1, 0.15) is 61.4 Å². The molecule has 4 aromatic heterocycles. The van der Waals surface area contributed by atoms with Crippen molar-refractivity contribution in [2.45, 2.75) is 46.6 Å². The summed E-state index contributed by atoms with van der Waals surface area (Å²) >= 11 is 0. The van der Waals surface area contributed by atoms with E-state index in [4.69, 9.17) is 4.98 Å². The van der Waals surface area contributed by atoms with E-state index in [-0.39, 0.29) is 17.9 Å². The van der Waals surface area contributed by atoms with Gasteiger partial charge in [0.1, 0.15) is 0 Å². The number of hydrogen-bond acceptors (Lipinski definition) is 5. The molecule has 0 saturated heterocycles. The van der Waals surface area contributed by atoms with Crippen LogP contribution in [-0.4, -0.2) is 35.3 Å². The van der Waals surface area contributed by atoms with Crippen molar-refractivity contribution in [3.8, 4) is 0 Å². The highest BCUT2D eigenvalue weighted by atomic mass is 16.1. The fourth-order valence-corrected chi connectivity index (χ4v) is 3.26. The van der Waals surface area contributed by atoms with Gasteiger partial charge in [-0.3, -0.25) is 14.5 Å². The number of rotatable bonds is 4. The zero-order valence-electron chi connectivity index (χ0n) is 16.6. The molecule has 0 unspecified atom stereocenters. The first-order valence-electron chi connectivity index (χ1n) is 9.37. The molecule has 0 spiro atoms. The highest BCUT2D eigenvalue weighted by Crippen LogP contribution is 2.27. The summed E-state index contributed by atoms with van der Waals surface area (Å²) in [4.78, 5) is 18.0. The number of amides is 1. The fourth-order valence-electron chi connectivity index (χ4n) is 3.26. The van der Waals surface area contributed by atoms with Crippen molar-refractivity contribution >= 4 is 28.5 Å². The van der Waals surface area contributed by atoms with Crippen LogP contribution in [-0.2, 0) is 0 Å². The molecule has 4 aromatic rings. The van der Waals surface area contributed by atoms with E-state index in [0.717, 1.165) is 22.4 Å². The normalized spacial score (nSPS) is 11.8. The Bertz CT molecular complexity index is 1190. The predicted molar refractivity (Wildman–Crippen MR) is 108 cm³/mol. The Morgan fingerprint density at radius 2 is 1.93 bits per heavy atom. The van der Waals surface area contributed by atoms with Crippen LogP contribution in [0.5, 0.6) is 0 Å². The molecule has 0 aliphatic heterocycles. The average molecular weight is 377 g/mol. The maximum absolute atomic E-state index is 13.2. The van der Waals surface area contributed by atoms with Gasteiger partial charge in [0, 0.05) is 17.9 Å². The van der Waals surface area contributed by atoms with Gasteiger partial charge in [0.2, 0.25) is 5.95 Å². The quantitative estimate of drug-likeness (QED) is 0.585. The summed E-state index contributed by atoms with van der Waals surface area (Å²) in [5.41, 5.74) is 3.58. The summed E-state index contributed by atoms with van der Waals surface area (Å²) in [5, 5.41) is 16.5. The van der Waals surface area contributed by atoms with Gasteiger partial charge in [-0.1, -0.05) is 19.9 Å². The molecule has 8 nitrogen and oxygen atoms in total. The molecule has 0 saturated carbocycles. The Labute approximate surface area is 162 Å². The minimum absolute atomic E-state index is 0.141. The van der Waals surface area contributed by atoms with Crippen molar-refractivity contribution in [2.75, 3.05) is 5.32 Å². The van der Waals surface area contributed by atoms with Gasteiger partial charge in [0.15, 0.2) is 11.3 Å². The zero-order valence-corrected chi connectivity index (χ0v) is 16.6. The molecule has 28 heavy (non-hydrogen) atoms. The van der Waals surface area contributed by atoms with E-state index >= 15 is 0 Å². The van der Waals surface area contributed by atoms with Gasteiger partial charge in [0.05, 0.1) is 16.6 Å². The number of nitrogens with one attached hydrogen (secondary N) is 1. The Morgan fingerprint density at radius 1 is 1.14 bits per heavy atom. The Morgan fingerprint density at radius 3 is 2.64 bits per heavy atom. The molecule has 0 bridgehead atoms. The summed E-state index contributed by atoms with van der Waals surface area (Å²) < 4.78 is 3.61. The van der Waals surface area contributed by atoms with Crippen LogP contribution in [0.2, 0.25) is 0 Å². The summed E-state index contributed by atoms with van der Waals surface area (Å²) in [5.74, 6) is 0.310. The van der Waals surface area contributed by atoms with Gasteiger partial charge in [0.25, 0.3) is 5.91 Å². The van der Waals surface area contributed by atoms with Gasteiger partial charge < -0.3 is 0 Å². The molecular formula is C20H23N7O. The van der Waals surface area contributed by atoms with Gasteiger partial charge in [-0.05, 0) is 44.9 Å². The van der Waals surface area contributed by atoms with E-state index in [9.17, 15) is 4.79 Å². The molecule has 0 atom stereocenters. The number of anilines is 1. The zero-order chi connectivity index (χ0) is 20.0. The maximum atomic E-state index is 13.2. The smallest absolute Gasteiger partial charge is 0.258 e. The second-order valence-electron chi connectivity index (χ2n) is 7.48. The second-order valence-corrected chi connectivity index (χ2v) is 7.48. The Hall–Kier alpha value is -3.29. The number of nitrogens with zero attached hydrogens (tertiary/aromatic N) is 6. The third-order valence-corrected chi connectivity index (χ3v) is 4.72. The summed E-state index contributed by atoms with van der Waals surface area (Å²) in [7, 11) is 0. The van der Waals surface area contributed by atoms with E-state index in [1.165, 1.54) is 0 Å². The van der Waals surface area contributed by atoms with Crippen LogP contribution in [0.15, 0.2) is 30.5 Å². The standard InChI is InChI=1S/C20H23N7O/c1-11(2)15-10-14(17-13(5)25-27(12(3)4)18(17)21-15)19(28)22-20-24-23-16-8-6-7-9-26(16)20/h6-12H,1-5H3,(H,22,24,28). The number of carbonyl (C=O) groups excluding carboxylic acids is 1.